The third-order valence-electron chi connectivity index (χ3n) is 1.08. The Morgan fingerprint density at radius 2 is 2.40 bits per heavy atom. The lowest BCUT2D eigenvalue weighted by Crippen LogP contribution is -1.85. The number of hydrogen-bond donors (Lipinski definition) is 0. The zero-order valence-electron chi connectivity index (χ0n) is 4.94. The molecule has 0 unspecified atom stereocenters. The summed E-state index contributed by atoms with van der Waals surface area (Å²) in [4.78, 5) is 3.80. The highest BCUT2D eigenvalue weighted by Gasteiger charge is 2.03. The van der Waals surface area contributed by atoms with Gasteiger partial charge in [0.2, 0.25) is 0 Å². The minimum atomic E-state index is -0.590. The molecular formula is C6H4BrClFN. The molecule has 0 radical (unpaired) electrons. The van der Waals surface area contributed by atoms with Crippen molar-refractivity contribution in [3.8, 4) is 0 Å². The molecule has 0 saturated heterocycles. The van der Waals surface area contributed by atoms with Crippen molar-refractivity contribution >= 4 is 27.5 Å². The van der Waals surface area contributed by atoms with Crippen LogP contribution in [0.5, 0.6) is 0 Å². The average Bonchev–Trinajstić information content (AvgIpc) is 1.88. The summed E-state index contributed by atoms with van der Waals surface area (Å²) in [6.45, 7) is -0.590. The maximum atomic E-state index is 12.1. The molecule has 54 valence electrons. The van der Waals surface area contributed by atoms with Crippen LogP contribution in [-0.2, 0) is 6.67 Å². The fourth-order valence-electron chi connectivity index (χ4n) is 0.564. The first-order chi connectivity index (χ1) is 4.75. The lowest BCUT2D eigenvalue weighted by Gasteiger charge is -1.98. The van der Waals surface area contributed by atoms with Crippen molar-refractivity contribution in [1.29, 1.82) is 0 Å². The van der Waals surface area contributed by atoms with E-state index in [9.17, 15) is 4.39 Å². The van der Waals surface area contributed by atoms with E-state index in [0.29, 0.717) is 15.2 Å². The Labute approximate surface area is 71.4 Å². The van der Waals surface area contributed by atoms with Crippen molar-refractivity contribution in [2.75, 3.05) is 0 Å². The molecular weight excluding hydrogens is 220 g/mol. The van der Waals surface area contributed by atoms with Gasteiger partial charge in [-0.15, -0.1) is 0 Å². The average molecular weight is 224 g/mol. The van der Waals surface area contributed by atoms with E-state index < -0.39 is 6.67 Å². The van der Waals surface area contributed by atoms with Gasteiger partial charge in [-0.05, 0) is 22.0 Å². The molecule has 1 nitrogen and oxygen atoms in total. The van der Waals surface area contributed by atoms with Gasteiger partial charge in [-0.25, -0.2) is 9.37 Å². The Bertz CT molecular complexity index is 221. The number of aromatic nitrogens is 1. The van der Waals surface area contributed by atoms with Crippen molar-refractivity contribution in [1.82, 2.24) is 4.98 Å². The maximum absolute atomic E-state index is 12.1. The Morgan fingerprint density at radius 1 is 1.70 bits per heavy atom. The lowest BCUT2D eigenvalue weighted by molar-refractivity contribution is 0.482. The van der Waals surface area contributed by atoms with Gasteiger partial charge < -0.3 is 0 Å². The molecule has 0 aliphatic carbocycles. The van der Waals surface area contributed by atoms with Crippen LogP contribution >= 0.6 is 27.5 Å². The molecule has 1 aromatic rings. The first-order valence-corrected chi connectivity index (χ1v) is 3.77. The van der Waals surface area contributed by atoms with E-state index in [0.717, 1.165) is 0 Å². The second kappa shape index (κ2) is 3.30. The number of alkyl halides is 1. The Kier molecular flexibility index (Phi) is 2.63. The topological polar surface area (TPSA) is 12.9 Å². The second-order valence-corrected chi connectivity index (χ2v) is 2.85. The summed E-state index contributed by atoms with van der Waals surface area (Å²) in [5, 5.41) is 0.407. The van der Waals surface area contributed by atoms with E-state index >= 15 is 0 Å². The van der Waals surface area contributed by atoms with Gasteiger partial charge in [-0.2, -0.15) is 0 Å². The van der Waals surface area contributed by atoms with E-state index in [2.05, 4.69) is 20.9 Å². The summed E-state index contributed by atoms with van der Waals surface area (Å²) in [5.74, 6) is 0. The van der Waals surface area contributed by atoms with Crippen molar-refractivity contribution in [3.63, 3.8) is 0 Å². The molecule has 0 atom stereocenters. The summed E-state index contributed by atoms with van der Waals surface area (Å²) in [7, 11) is 0. The molecule has 0 aromatic carbocycles. The summed E-state index contributed by atoms with van der Waals surface area (Å²) < 4.78 is 12.6. The Balaban J connectivity index is 3.17. The van der Waals surface area contributed by atoms with Crippen LogP contribution in [-0.4, -0.2) is 4.98 Å². The first kappa shape index (κ1) is 7.95. The number of pyridine rings is 1. The van der Waals surface area contributed by atoms with Crippen LogP contribution in [0, 0.1) is 0 Å². The van der Waals surface area contributed by atoms with Gasteiger partial charge in [0.15, 0.2) is 0 Å². The Hall–Kier alpha value is -0.150. The van der Waals surface area contributed by atoms with Gasteiger partial charge in [-0.3, -0.25) is 0 Å². The van der Waals surface area contributed by atoms with E-state index in [1.165, 1.54) is 6.20 Å². The minimum Gasteiger partial charge on any atom is -0.249 e. The van der Waals surface area contributed by atoms with E-state index in [1.54, 1.807) is 6.07 Å². The molecule has 0 aliphatic rings. The normalized spacial score (nSPS) is 9.90. The van der Waals surface area contributed by atoms with Crippen molar-refractivity contribution in [2.45, 2.75) is 6.67 Å². The SMILES string of the molecule is FCc1c(Cl)ccnc1Br. The van der Waals surface area contributed by atoms with E-state index in [-0.39, 0.29) is 0 Å². The summed E-state index contributed by atoms with van der Waals surface area (Å²) in [5.41, 5.74) is 0.407. The molecule has 0 aliphatic heterocycles. The van der Waals surface area contributed by atoms with Gasteiger partial charge >= 0.3 is 0 Å². The molecule has 0 spiro atoms. The first-order valence-electron chi connectivity index (χ1n) is 2.60. The molecule has 1 rings (SSSR count). The molecule has 4 heteroatoms. The second-order valence-electron chi connectivity index (χ2n) is 1.70. The summed E-state index contributed by atoms with van der Waals surface area (Å²) in [6, 6.07) is 1.56. The van der Waals surface area contributed by atoms with Crippen LogP contribution in [0.3, 0.4) is 0 Å². The summed E-state index contributed by atoms with van der Waals surface area (Å²) >= 11 is 8.69. The third kappa shape index (κ3) is 1.47. The van der Waals surface area contributed by atoms with Crippen LogP contribution in [0.25, 0.3) is 0 Å². The number of nitrogens with zero attached hydrogens (tertiary/aromatic N) is 1. The highest BCUT2D eigenvalue weighted by Crippen LogP contribution is 2.22. The fraction of sp³-hybridized carbons (Fsp3) is 0.167. The monoisotopic (exact) mass is 223 g/mol. The van der Waals surface area contributed by atoms with Crippen LogP contribution in [0.1, 0.15) is 5.56 Å². The summed E-state index contributed by atoms with van der Waals surface area (Å²) in [6.07, 6.45) is 1.52. The molecule has 0 N–H and O–H groups in total. The molecule has 0 saturated carbocycles. The maximum Gasteiger partial charge on any atom is 0.119 e. The predicted molar refractivity (Wildman–Crippen MR) is 41.8 cm³/mol. The van der Waals surface area contributed by atoms with Crippen LogP contribution < -0.4 is 0 Å². The number of halogens is 3. The van der Waals surface area contributed by atoms with Gasteiger partial charge in [0.05, 0.1) is 5.02 Å². The zero-order chi connectivity index (χ0) is 7.56. The van der Waals surface area contributed by atoms with Crippen molar-refractivity contribution in [2.24, 2.45) is 0 Å². The largest absolute Gasteiger partial charge is 0.249 e. The molecule has 0 bridgehead atoms. The van der Waals surface area contributed by atoms with Crippen molar-refractivity contribution < 1.29 is 4.39 Å². The zero-order valence-corrected chi connectivity index (χ0v) is 7.28. The predicted octanol–water partition coefficient (Wildman–Crippen LogP) is 2.97. The van der Waals surface area contributed by atoms with E-state index in [4.69, 9.17) is 11.6 Å². The highest BCUT2D eigenvalue weighted by molar-refractivity contribution is 9.10. The van der Waals surface area contributed by atoms with Crippen LogP contribution in [0.15, 0.2) is 16.9 Å². The third-order valence-corrected chi connectivity index (χ3v) is 2.12. The fourth-order valence-corrected chi connectivity index (χ4v) is 1.31. The molecule has 10 heavy (non-hydrogen) atoms. The van der Waals surface area contributed by atoms with Crippen molar-refractivity contribution in [3.05, 3.63) is 27.5 Å². The number of rotatable bonds is 1. The quantitative estimate of drug-likeness (QED) is 0.668. The van der Waals surface area contributed by atoms with Crippen LogP contribution in [0.4, 0.5) is 4.39 Å². The Morgan fingerprint density at radius 3 is 2.80 bits per heavy atom. The molecule has 0 amide bonds. The van der Waals surface area contributed by atoms with Gasteiger partial charge in [0.1, 0.15) is 11.3 Å². The smallest absolute Gasteiger partial charge is 0.119 e. The molecule has 1 aromatic heterocycles. The van der Waals surface area contributed by atoms with Crippen LogP contribution in [0.2, 0.25) is 5.02 Å². The van der Waals surface area contributed by atoms with Gasteiger partial charge in [-0.1, -0.05) is 11.6 Å². The minimum absolute atomic E-state index is 0.407. The van der Waals surface area contributed by atoms with Gasteiger partial charge in [0, 0.05) is 11.8 Å². The van der Waals surface area contributed by atoms with Gasteiger partial charge in [0.25, 0.3) is 0 Å². The standard InChI is InChI=1S/C6H4BrClFN/c7-6-4(3-9)5(8)1-2-10-6/h1-2H,3H2. The number of hydrogen-bond acceptors (Lipinski definition) is 1. The lowest BCUT2D eigenvalue weighted by atomic mass is 10.3. The molecule has 0 fully saturated rings. The van der Waals surface area contributed by atoms with E-state index in [1.807, 2.05) is 0 Å². The molecule has 1 heterocycles. The highest BCUT2D eigenvalue weighted by atomic mass is 79.9.